The van der Waals surface area contributed by atoms with Gasteiger partial charge in [0.15, 0.2) is 0 Å². The fraction of sp³-hybridized carbons (Fsp3) is 0.429. The van der Waals surface area contributed by atoms with E-state index in [1.807, 2.05) is 18.2 Å². The lowest BCUT2D eigenvalue weighted by molar-refractivity contribution is -0.117. The standard InChI is InChI=1S/C28H38N6O2/c1-6-20-10-9-11-21(16-20)31-28(29)23-17-25(26(36-5)18-24(23)30-4)32-27(35)19-33-14-12-22(13-15-33)34(7-2)8-3/h1,9-11,16-18,22,30H,7-8,12-15,19H2,2-5H3,(H2,29,31)(H,32,35). The number of nitrogens with zero attached hydrogens (tertiary/aromatic N) is 3. The highest BCUT2D eigenvalue weighted by atomic mass is 16.5. The lowest BCUT2D eigenvalue weighted by Crippen LogP contribution is -2.46. The maximum absolute atomic E-state index is 13.0. The predicted molar refractivity (Wildman–Crippen MR) is 148 cm³/mol. The van der Waals surface area contributed by atoms with Crippen molar-refractivity contribution in [3.63, 3.8) is 0 Å². The van der Waals surface area contributed by atoms with Crippen molar-refractivity contribution < 1.29 is 9.53 Å². The van der Waals surface area contributed by atoms with Crippen LogP contribution in [0, 0.1) is 12.3 Å². The summed E-state index contributed by atoms with van der Waals surface area (Å²) in [5.74, 6) is 3.35. The van der Waals surface area contributed by atoms with Crippen LogP contribution in [-0.2, 0) is 4.79 Å². The summed E-state index contributed by atoms with van der Waals surface area (Å²) < 4.78 is 5.55. The van der Waals surface area contributed by atoms with Gasteiger partial charge in [0.25, 0.3) is 0 Å². The van der Waals surface area contributed by atoms with Crippen molar-refractivity contribution in [2.75, 3.05) is 57.5 Å². The average molecular weight is 491 g/mol. The van der Waals surface area contributed by atoms with Crippen LogP contribution in [0.3, 0.4) is 0 Å². The second-order valence-corrected chi connectivity index (χ2v) is 8.82. The largest absolute Gasteiger partial charge is 0.494 e. The number of benzene rings is 2. The van der Waals surface area contributed by atoms with Crippen LogP contribution in [0.2, 0.25) is 0 Å². The van der Waals surface area contributed by atoms with Gasteiger partial charge in [-0.25, -0.2) is 4.99 Å². The highest BCUT2D eigenvalue weighted by molar-refractivity contribution is 6.06. The van der Waals surface area contributed by atoms with E-state index >= 15 is 0 Å². The number of nitrogens with one attached hydrogen (secondary N) is 2. The van der Waals surface area contributed by atoms with Crippen LogP contribution in [0.1, 0.15) is 37.8 Å². The SMILES string of the molecule is C#Cc1cccc(N=C(N)c2cc(NC(=O)CN3CCC(N(CC)CC)CC3)c(OC)cc2NC)c1. The molecule has 8 nitrogen and oxygen atoms in total. The van der Waals surface area contributed by atoms with E-state index < -0.39 is 0 Å². The zero-order valence-corrected chi connectivity index (χ0v) is 21.8. The molecule has 2 aromatic carbocycles. The number of ether oxygens (including phenoxy) is 1. The van der Waals surface area contributed by atoms with E-state index in [0.29, 0.717) is 41.1 Å². The maximum atomic E-state index is 13.0. The van der Waals surface area contributed by atoms with E-state index in [-0.39, 0.29) is 5.91 Å². The molecular weight excluding hydrogens is 452 g/mol. The normalized spacial score (nSPS) is 14.9. The number of amides is 1. The van der Waals surface area contributed by atoms with Crippen LogP contribution in [0.25, 0.3) is 0 Å². The van der Waals surface area contributed by atoms with Crippen molar-refractivity contribution >= 4 is 28.8 Å². The summed E-state index contributed by atoms with van der Waals surface area (Å²) in [4.78, 5) is 22.2. The number of amidine groups is 1. The Morgan fingerprint density at radius 2 is 1.94 bits per heavy atom. The predicted octanol–water partition coefficient (Wildman–Crippen LogP) is 3.50. The summed E-state index contributed by atoms with van der Waals surface area (Å²) in [6.45, 7) is 8.69. The van der Waals surface area contributed by atoms with Crippen LogP contribution >= 0.6 is 0 Å². The third-order valence-corrected chi connectivity index (χ3v) is 6.67. The highest BCUT2D eigenvalue weighted by Crippen LogP contribution is 2.32. The van der Waals surface area contributed by atoms with E-state index in [2.05, 4.69) is 45.2 Å². The second-order valence-electron chi connectivity index (χ2n) is 8.82. The quantitative estimate of drug-likeness (QED) is 0.268. The van der Waals surface area contributed by atoms with E-state index in [1.54, 1.807) is 32.4 Å². The van der Waals surface area contributed by atoms with E-state index in [4.69, 9.17) is 16.9 Å². The van der Waals surface area contributed by atoms with Crippen molar-refractivity contribution in [2.45, 2.75) is 32.7 Å². The van der Waals surface area contributed by atoms with Gasteiger partial charge in [0.1, 0.15) is 11.6 Å². The Morgan fingerprint density at radius 1 is 1.22 bits per heavy atom. The Hall–Kier alpha value is -3.54. The Labute approximate surface area is 214 Å². The number of terminal acetylenes is 1. The average Bonchev–Trinajstić information content (AvgIpc) is 2.90. The van der Waals surface area contributed by atoms with Gasteiger partial charge in [-0.05, 0) is 50.2 Å². The number of anilines is 2. The molecule has 1 heterocycles. The molecule has 192 valence electrons. The number of hydrogen-bond acceptors (Lipinski definition) is 6. The van der Waals surface area contributed by atoms with Crippen LogP contribution in [0.5, 0.6) is 5.75 Å². The van der Waals surface area contributed by atoms with Gasteiger partial charge in [0, 0.05) is 49.1 Å². The molecule has 0 aliphatic carbocycles. The summed E-state index contributed by atoms with van der Waals surface area (Å²) in [6.07, 6.45) is 7.66. The Morgan fingerprint density at radius 3 is 2.56 bits per heavy atom. The maximum Gasteiger partial charge on any atom is 0.238 e. The fourth-order valence-electron chi connectivity index (χ4n) is 4.71. The molecule has 0 radical (unpaired) electrons. The molecule has 1 amide bonds. The molecule has 0 bridgehead atoms. The number of nitrogens with two attached hydrogens (primary N) is 1. The Balaban J connectivity index is 1.75. The number of methoxy groups -OCH3 is 1. The van der Waals surface area contributed by atoms with Crippen molar-refractivity contribution in [2.24, 2.45) is 10.7 Å². The molecule has 36 heavy (non-hydrogen) atoms. The first kappa shape index (κ1) is 27.1. The van der Waals surface area contributed by atoms with E-state index in [9.17, 15) is 4.79 Å². The molecule has 4 N–H and O–H groups in total. The number of aliphatic imine (C=N–C) groups is 1. The van der Waals surface area contributed by atoms with Gasteiger partial charge in [-0.15, -0.1) is 6.42 Å². The van der Waals surface area contributed by atoms with Gasteiger partial charge in [0.2, 0.25) is 5.91 Å². The third-order valence-electron chi connectivity index (χ3n) is 6.67. The van der Waals surface area contributed by atoms with Crippen molar-refractivity contribution in [3.8, 4) is 18.1 Å². The molecule has 0 atom stereocenters. The first-order valence-corrected chi connectivity index (χ1v) is 12.5. The minimum absolute atomic E-state index is 0.0880. The van der Waals surface area contributed by atoms with Gasteiger partial charge in [-0.3, -0.25) is 9.69 Å². The van der Waals surface area contributed by atoms with Crippen molar-refractivity contribution in [3.05, 3.63) is 47.5 Å². The molecule has 0 spiro atoms. The first-order valence-electron chi connectivity index (χ1n) is 12.5. The monoisotopic (exact) mass is 490 g/mol. The molecule has 0 saturated carbocycles. The molecule has 1 fully saturated rings. The minimum Gasteiger partial charge on any atom is -0.494 e. The third kappa shape index (κ3) is 6.78. The summed E-state index contributed by atoms with van der Waals surface area (Å²) in [5.41, 5.74) is 9.70. The number of carbonyl (C=O) groups is 1. The van der Waals surface area contributed by atoms with Crippen molar-refractivity contribution in [1.82, 2.24) is 9.80 Å². The van der Waals surface area contributed by atoms with Gasteiger partial charge < -0.3 is 26.0 Å². The number of carbonyl (C=O) groups excluding carboxylic acids is 1. The number of rotatable bonds is 10. The van der Waals surface area contributed by atoms with Gasteiger partial charge >= 0.3 is 0 Å². The second kappa shape index (κ2) is 13.0. The number of piperidine rings is 1. The molecule has 1 aliphatic heterocycles. The minimum atomic E-state index is -0.0880. The zero-order chi connectivity index (χ0) is 26.1. The lowest BCUT2D eigenvalue weighted by atomic mass is 10.0. The molecule has 1 saturated heterocycles. The fourth-order valence-corrected chi connectivity index (χ4v) is 4.71. The smallest absolute Gasteiger partial charge is 0.238 e. The highest BCUT2D eigenvalue weighted by Gasteiger charge is 2.24. The molecule has 2 aromatic rings. The molecule has 0 unspecified atom stereocenters. The Bertz CT molecular complexity index is 1110. The molecule has 0 aromatic heterocycles. The first-order chi connectivity index (χ1) is 17.4. The number of hydrogen-bond donors (Lipinski definition) is 3. The van der Waals surface area contributed by atoms with Gasteiger partial charge in [-0.2, -0.15) is 0 Å². The van der Waals surface area contributed by atoms with Crippen molar-refractivity contribution in [1.29, 1.82) is 0 Å². The zero-order valence-electron chi connectivity index (χ0n) is 21.8. The van der Waals surface area contributed by atoms with Crippen LogP contribution in [0.15, 0.2) is 41.4 Å². The van der Waals surface area contributed by atoms with Gasteiger partial charge in [0.05, 0.1) is 25.0 Å². The molecule has 8 heteroatoms. The van der Waals surface area contributed by atoms with Crippen LogP contribution < -0.4 is 21.1 Å². The van der Waals surface area contributed by atoms with E-state index in [0.717, 1.165) is 50.3 Å². The summed E-state index contributed by atoms with van der Waals surface area (Å²) in [7, 11) is 3.37. The molecule has 3 rings (SSSR count). The lowest BCUT2D eigenvalue weighted by Gasteiger charge is -2.37. The van der Waals surface area contributed by atoms with Crippen LogP contribution in [-0.4, -0.2) is 74.5 Å². The van der Waals surface area contributed by atoms with Crippen LogP contribution in [0.4, 0.5) is 17.1 Å². The Kier molecular flexibility index (Phi) is 9.74. The molecular formula is C28H38N6O2. The summed E-state index contributed by atoms with van der Waals surface area (Å²) in [5, 5.41) is 6.14. The van der Waals surface area contributed by atoms with Gasteiger partial charge in [-0.1, -0.05) is 25.8 Å². The summed E-state index contributed by atoms with van der Waals surface area (Å²) in [6, 6.07) is 11.5. The number of likely N-dealkylation sites (tertiary alicyclic amines) is 1. The summed E-state index contributed by atoms with van der Waals surface area (Å²) >= 11 is 0. The molecule has 1 aliphatic rings. The van der Waals surface area contributed by atoms with E-state index in [1.165, 1.54) is 0 Å². The topological polar surface area (TPSA) is 95.2 Å².